The largest absolute Gasteiger partial charge is 0.395 e. The standard InChI is InChI=1S/C8H14N2O4S2/c1-3-10(4-5-11)16(13,14)7-6(2)9-8(12)15-7/h11H,3-5H2,1-2H3,(H,9,12). The Labute approximate surface area is 97.6 Å². The average Bonchev–Trinajstić information content (AvgIpc) is 2.54. The van der Waals surface area contributed by atoms with Gasteiger partial charge in [-0.2, -0.15) is 4.31 Å². The molecule has 1 heterocycles. The molecule has 8 heteroatoms. The van der Waals surface area contributed by atoms with Crippen molar-refractivity contribution in [1.82, 2.24) is 9.29 Å². The first kappa shape index (κ1) is 13.4. The number of aromatic nitrogens is 1. The van der Waals surface area contributed by atoms with E-state index in [0.717, 1.165) is 4.31 Å². The van der Waals surface area contributed by atoms with E-state index in [1.165, 1.54) is 6.92 Å². The molecule has 0 spiro atoms. The van der Waals surface area contributed by atoms with Crippen LogP contribution in [0.15, 0.2) is 9.00 Å². The summed E-state index contributed by atoms with van der Waals surface area (Å²) in [6.07, 6.45) is 0. The Morgan fingerprint density at radius 1 is 1.50 bits per heavy atom. The highest BCUT2D eigenvalue weighted by molar-refractivity contribution is 7.91. The average molecular weight is 266 g/mol. The fraction of sp³-hybridized carbons (Fsp3) is 0.625. The number of aromatic amines is 1. The summed E-state index contributed by atoms with van der Waals surface area (Å²) in [4.78, 5) is 13.1. The monoisotopic (exact) mass is 266 g/mol. The highest BCUT2D eigenvalue weighted by Gasteiger charge is 2.26. The number of aliphatic hydroxyl groups is 1. The van der Waals surface area contributed by atoms with Gasteiger partial charge in [0.15, 0.2) is 4.21 Å². The molecule has 0 fully saturated rings. The predicted molar refractivity (Wildman–Crippen MR) is 61.2 cm³/mol. The molecule has 0 bridgehead atoms. The molecule has 0 amide bonds. The zero-order chi connectivity index (χ0) is 12.3. The zero-order valence-corrected chi connectivity index (χ0v) is 10.7. The second kappa shape index (κ2) is 5.09. The minimum Gasteiger partial charge on any atom is -0.395 e. The summed E-state index contributed by atoms with van der Waals surface area (Å²) < 4.78 is 25.3. The Bertz CT molecular complexity index is 502. The summed E-state index contributed by atoms with van der Waals surface area (Å²) >= 11 is 0.668. The number of nitrogens with zero attached hydrogens (tertiary/aromatic N) is 1. The number of rotatable bonds is 5. The lowest BCUT2D eigenvalue weighted by Gasteiger charge is -2.18. The van der Waals surface area contributed by atoms with Gasteiger partial charge in [0.1, 0.15) is 0 Å². The van der Waals surface area contributed by atoms with Crippen LogP contribution in [0.3, 0.4) is 0 Å². The maximum absolute atomic E-state index is 12.1. The van der Waals surface area contributed by atoms with Crippen LogP contribution in [0.25, 0.3) is 0 Å². The SMILES string of the molecule is CCN(CCO)S(=O)(=O)c1sc(=O)[nH]c1C. The molecule has 0 aliphatic carbocycles. The van der Waals surface area contributed by atoms with Gasteiger partial charge < -0.3 is 10.1 Å². The molecule has 0 saturated heterocycles. The quantitative estimate of drug-likeness (QED) is 0.769. The second-order valence-corrected chi connectivity index (χ2v) is 6.26. The van der Waals surface area contributed by atoms with Gasteiger partial charge in [0, 0.05) is 18.8 Å². The Hall–Kier alpha value is -0.700. The molecular weight excluding hydrogens is 252 g/mol. The molecule has 0 saturated carbocycles. The van der Waals surface area contributed by atoms with Gasteiger partial charge in [-0.25, -0.2) is 8.42 Å². The Morgan fingerprint density at radius 2 is 2.12 bits per heavy atom. The van der Waals surface area contributed by atoms with E-state index in [1.807, 2.05) is 0 Å². The molecule has 92 valence electrons. The minimum atomic E-state index is -3.66. The number of H-pyrrole nitrogens is 1. The van der Waals surface area contributed by atoms with Crippen LogP contribution in [-0.4, -0.2) is 42.5 Å². The first-order valence-corrected chi connectivity index (χ1v) is 6.99. The zero-order valence-electron chi connectivity index (χ0n) is 9.06. The fourth-order valence-corrected chi connectivity index (χ4v) is 4.19. The summed E-state index contributed by atoms with van der Waals surface area (Å²) in [5.74, 6) is 0. The number of aliphatic hydroxyl groups excluding tert-OH is 1. The lowest BCUT2D eigenvalue weighted by molar-refractivity contribution is 0.257. The molecule has 6 nitrogen and oxygen atoms in total. The van der Waals surface area contributed by atoms with Crippen molar-refractivity contribution in [2.45, 2.75) is 18.1 Å². The first-order chi connectivity index (χ1) is 7.43. The van der Waals surface area contributed by atoms with Crippen molar-refractivity contribution < 1.29 is 13.5 Å². The predicted octanol–water partition coefficient (Wildman–Crippen LogP) is -0.252. The third-order valence-electron chi connectivity index (χ3n) is 2.06. The summed E-state index contributed by atoms with van der Waals surface area (Å²) in [7, 11) is -3.66. The van der Waals surface area contributed by atoms with Gasteiger partial charge in [0.25, 0.3) is 10.0 Å². The van der Waals surface area contributed by atoms with Crippen LogP contribution in [0.1, 0.15) is 12.6 Å². The smallest absolute Gasteiger partial charge is 0.305 e. The van der Waals surface area contributed by atoms with Crippen molar-refractivity contribution in [1.29, 1.82) is 0 Å². The van der Waals surface area contributed by atoms with Gasteiger partial charge in [0.05, 0.1) is 6.61 Å². The third-order valence-corrected chi connectivity index (χ3v) is 5.61. The number of likely N-dealkylation sites (N-methyl/N-ethyl adjacent to an activating group) is 1. The molecule has 0 aliphatic rings. The van der Waals surface area contributed by atoms with Crippen molar-refractivity contribution >= 4 is 21.4 Å². The van der Waals surface area contributed by atoms with Gasteiger partial charge in [0.2, 0.25) is 0 Å². The van der Waals surface area contributed by atoms with Crippen molar-refractivity contribution in [3.8, 4) is 0 Å². The Balaban J connectivity index is 3.19. The molecule has 0 aliphatic heterocycles. The molecule has 2 N–H and O–H groups in total. The van der Waals surface area contributed by atoms with E-state index in [1.54, 1.807) is 6.92 Å². The highest BCUT2D eigenvalue weighted by Crippen LogP contribution is 2.20. The third kappa shape index (κ3) is 2.51. The molecular formula is C8H14N2O4S2. The molecule has 1 aromatic heterocycles. The number of hydrogen-bond donors (Lipinski definition) is 2. The van der Waals surface area contributed by atoms with Gasteiger partial charge in [-0.15, -0.1) is 0 Å². The summed E-state index contributed by atoms with van der Waals surface area (Å²) in [5.41, 5.74) is 0.339. The van der Waals surface area contributed by atoms with Crippen molar-refractivity contribution in [2.24, 2.45) is 0 Å². The van der Waals surface area contributed by atoms with Crippen LogP contribution < -0.4 is 4.87 Å². The van der Waals surface area contributed by atoms with E-state index in [4.69, 9.17) is 5.11 Å². The van der Waals surface area contributed by atoms with E-state index >= 15 is 0 Å². The summed E-state index contributed by atoms with van der Waals surface area (Å²) in [6.45, 7) is 3.26. The van der Waals surface area contributed by atoms with Crippen LogP contribution in [-0.2, 0) is 10.0 Å². The number of sulfonamides is 1. The highest BCUT2D eigenvalue weighted by atomic mass is 32.2. The lowest BCUT2D eigenvalue weighted by Crippen LogP contribution is -2.33. The van der Waals surface area contributed by atoms with Crippen LogP contribution in [0.5, 0.6) is 0 Å². The van der Waals surface area contributed by atoms with Crippen molar-refractivity contribution in [3.63, 3.8) is 0 Å². The molecule has 0 unspecified atom stereocenters. The molecule has 0 radical (unpaired) electrons. The van der Waals surface area contributed by atoms with Crippen molar-refractivity contribution in [3.05, 3.63) is 15.4 Å². The second-order valence-electron chi connectivity index (χ2n) is 3.15. The van der Waals surface area contributed by atoms with Crippen LogP contribution in [0.2, 0.25) is 0 Å². The number of nitrogens with one attached hydrogen (secondary N) is 1. The summed E-state index contributed by atoms with van der Waals surface area (Å²) in [6, 6.07) is 0. The normalized spacial score (nSPS) is 12.2. The van der Waals surface area contributed by atoms with Gasteiger partial charge in [-0.3, -0.25) is 4.79 Å². The maximum Gasteiger partial charge on any atom is 0.305 e. The van der Waals surface area contributed by atoms with Gasteiger partial charge >= 0.3 is 4.87 Å². The van der Waals surface area contributed by atoms with Crippen LogP contribution >= 0.6 is 11.3 Å². The topological polar surface area (TPSA) is 90.5 Å². The number of thiazole rings is 1. The maximum atomic E-state index is 12.1. The summed E-state index contributed by atoms with van der Waals surface area (Å²) in [5, 5.41) is 8.78. The molecule has 0 atom stereocenters. The lowest BCUT2D eigenvalue weighted by atomic mass is 10.6. The molecule has 1 rings (SSSR count). The minimum absolute atomic E-state index is 0.0211. The Morgan fingerprint density at radius 3 is 2.50 bits per heavy atom. The molecule has 0 aromatic carbocycles. The number of aryl methyl sites for hydroxylation is 1. The molecule has 16 heavy (non-hydrogen) atoms. The van der Waals surface area contributed by atoms with E-state index in [2.05, 4.69) is 4.98 Å². The van der Waals surface area contributed by atoms with Gasteiger partial charge in [-0.05, 0) is 6.92 Å². The van der Waals surface area contributed by atoms with Crippen LogP contribution in [0.4, 0.5) is 0 Å². The van der Waals surface area contributed by atoms with E-state index in [9.17, 15) is 13.2 Å². The fourth-order valence-electron chi connectivity index (χ4n) is 1.31. The van der Waals surface area contributed by atoms with E-state index < -0.39 is 14.9 Å². The first-order valence-electron chi connectivity index (χ1n) is 4.74. The molecule has 1 aromatic rings. The van der Waals surface area contributed by atoms with E-state index in [-0.39, 0.29) is 23.9 Å². The van der Waals surface area contributed by atoms with Crippen molar-refractivity contribution in [2.75, 3.05) is 19.7 Å². The Kier molecular flexibility index (Phi) is 4.25. The number of hydrogen-bond acceptors (Lipinski definition) is 5. The van der Waals surface area contributed by atoms with Crippen LogP contribution in [0, 0.1) is 6.92 Å². The van der Waals surface area contributed by atoms with E-state index in [0.29, 0.717) is 17.0 Å². The van der Waals surface area contributed by atoms with Gasteiger partial charge in [-0.1, -0.05) is 18.3 Å².